The van der Waals surface area contributed by atoms with Crippen LogP contribution in [0.4, 0.5) is 0 Å². The van der Waals surface area contributed by atoms with Crippen molar-refractivity contribution in [3.63, 3.8) is 0 Å². The minimum Gasteiger partial charge on any atom is -0.435 e. The van der Waals surface area contributed by atoms with Gasteiger partial charge >= 0.3 is 5.97 Å². The van der Waals surface area contributed by atoms with Gasteiger partial charge in [-0.15, -0.1) is 6.58 Å². The molecule has 0 aromatic heterocycles. The van der Waals surface area contributed by atoms with E-state index < -0.39 is 11.7 Å². The molecule has 3 heteroatoms. The molecule has 5 atom stereocenters. The number of hydrogen-bond donors (Lipinski definition) is 0. The standard InChI is InChI=1S/C32H54O3/c1-7-10-13-14-15-16-19-28-30(34-29-24-26(6)20-21-27(29)25(4)5)35-31(33)32(28,22-17-11-8-2)23-18-12-9-3/h7,11-12,17-18,25-30H,1,8-10,13-16,19-24H2,2-6H3/b17-11-,18-12-/t26-,27+,28+,29-,30-/m1/s1. The number of esters is 1. The number of unbranched alkanes of at least 4 members (excludes halogenated alkanes) is 4. The molecule has 1 aliphatic heterocycles. The van der Waals surface area contributed by atoms with Crippen LogP contribution in [0.1, 0.15) is 118 Å². The summed E-state index contributed by atoms with van der Waals surface area (Å²) in [6.45, 7) is 15.1. The van der Waals surface area contributed by atoms with Gasteiger partial charge in [-0.1, -0.05) is 90.7 Å². The Bertz CT molecular complexity index is 660. The van der Waals surface area contributed by atoms with Crippen LogP contribution in [-0.2, 0) is 14.3 Å². The van der Waals surface area contributed by atoms with Gasteiger partial charge in [-0.3, -0.25) is 4.79 Å². The first-order valence-corrected chi connectivity index (χ1v) is 14.7. The first kappa shape index (κ1) is 29.9. The lowest BCUT2D eigenvalue weighted by Crippen LogP contribution is -2.40. The Morgan fingerprint density at radius 3 is 2.29 bits per heavy atom. The molecular weight excluding hydrogens is 432 g/mol. The Labute approximate surface area is 216 Å². The molecule has 35 heavy (non-hydrogen) atoms. The summed E-state index contributed by atoms with van der Waals surface area (Å²) < 4.78 is 13.0. The molecule has 0 bridgehead atoms. The van der Waals surface area contributed by atoms with E-state index in [0.29, 0.717) is 17.8 Å². The van der Waals surface area contributed by atoms with E-state index in [4.69, 9.17) is 9.47 Å². The van der Waals surface area contributed by atoms with Crippen molar-refractivity contribution in [2.24, 2.45) is 29.1 Å². The Morgan fingerprint density at radius 1 is 1.03 bits per heavy atom. The maximum atomic E-state index is 13.6. The SMILES string of the molecule is C=CCCCCCC[C@H]1[C@H](O[C@@H]2C[C@H](C)CC[C@H]2C(C)C)OC(=O)C1(C/C=C\CC)C/C=C\CC. The predicted octanol–water partition coefficient (Wildman–Crippen LogP) is 9.19. The lowest BCUT2D eigenvalue weighted by Gasteiger charge is -2.39. The van der Waals surface area contributed by atoms with Crippen LogP contribution in [-0.4, -0.2) is 18.4 Å². The van der Waals surface area contributed by atoms with E-state index in [9.17, 15) is 4.79 Å². The molecule has 1 saturated heterocycles. The largest absolute Gasteiger partial charge is 0.435 e. The van der Waals surface area contributed by atoms with Crippen molar-refractivity contribution < 1.29 is 14.3 Å². The number of allylic oxidation sites excluding steroid dienone is 5. The molecule has 2 rings (SSSR count). The van der Waals surface area contributed by atoms with Gasteiger partial charge in [0.05, 0.1) is 11.5 Å². The van der Waals surface area contributed by atoms with Crippen LogP contribution in [0.2, 0.25) is 0 Å². The van der Waals surface area contributed by atoms with Crippen LogP contribution < -0.4 is 0 Å². The van der Waals surface area contributed by atoms with Crippen molar-refractivity contribution in [2.45, 2.75) is 130 Å². The molecule has 0 N–H and O–H groups in total. The molecular formula is C32H54O3. The second kappa shape index (κ2) is 15.7. The molecule has 1 aliphatic carbocycles. The Balaban J connectivity index is 2.28. The van der Waals surface area contributed by atoms with E-state index in [-0.39, 0.29) is 18.0 Å². The number of carbonyl (C=O) groups is 1. The molecule has 0 unspecified atom stereocenters. The summed E-state index contributed by atoms with van der Waals surface area (Å²) in [5.41, 5.74) is -0.517. The summed E-state index contributed by atoms with van der Waals surface area (Å²) in [7, 11) is 0. The minimum absolute atomic E-state index is 0.0504. The van der Waals surface area contributed by atoms with Gasteiger partial charge in [-0.25, -0.2) is 0 Å². The molecule has 200 valence electrons. The Hall–Kier alpha value is -1.35. The maximum Gasteiger partial charge on any atom is 0.315 e. The first-order valence-electron chi connectivity index (χ1n) is 14.7. The van der Waals surface area contributed by atoms with Gasteiger partial charge in [0.1, 0.15) is 0 Å². The number of carbonyl (C=O) groups excluding carboxylic acids is 1. The molecule has 0 radical (unpaired) electrons. The van der Waals surface area contributed by atoms with Gasteiger partial charge in [0.25, 0.3) is 0 Å². The molecule has 2 fully saturated rings. The zero-order valence-electron chi connectivity index (χ0n) is 23.5. The molecule has 0 spiro atoms. The van der Waals surface area contributed by atoms with Crippen molar-refractivity contribution in [3.05, 3.63) is 37.0 Å². The fourth-order valence-electron chi connectivity index (χ4n) is 6.18. The quantitative estimate of drug-likeness (QED) is 0.124. The highest BCUT2D eigenvalue weighted by Gasteiger charge is 2.56. The van der Waals surface area contributed by atoms with Gasteiger partial charge < -0.3 is 9.47 Å². The van der Waals surface area contributed by atoms with E-state index >= 15 is 0 Å². The second-order valence-electron chi connectivity index (χ2n) is 11.5. The molecule has 2 aliphatic rings. The van der Waals surface area contributed by atoms with E-state index in [1.807, 2.05) is 6.08 Å². The number of ether oxygens (including phenoxy) is 2. The molecule has 3 nitrogen and oxygen atoms in total. The van der Waals surface area contributed by atoms with Crippen molar-refractivity contribution in [1.82, 2.24) is 0 Å². The summed E-state index contributed by atoms with van der Waals surface area (Å²) in [5.74, 6) is 1.84. The Morgan fingerprint density at radius 2 is 1.69 bits per heavy atom. The monoisotopic (exact) mass is 486 g/mol. The number of hydrogen-bond acceptors (Lipinski definition) is 3. The second-order valence-corrected chi connectivity index (χ2v) is 11.5. The lowest BCUT2D eigenvalue weighted by atomic mass is 9.69. The van der Waals surface area contributed by atoms with Crippen molar-refractivity contribution in [2.75, 3.05) is 0 Å². The fourth-order valence-corrected chi connectivity index (χ4v) is 6.18. The normalized spacial score (nSPS) is 28.9. The van der Waals surface area contributed by atoms with E-state index in [0.717, 1.165) is 51.4 Å². The van der Waals surface area contributed by atoms with Gasteiger partial charge in [0.2, 0.25) is 6.29 Å². The van der Waals surface area contributed by atoms with Crippen LogP contribution in [0.25, 0.3) is 0 Å². The number of cyclic esters (lactones) is 1. The predicted molar refractivity (Wildman–Crippen MR) is 148 cm³/mol. The topological polar surface area (TPSA) is 35.5 Å². The van der Waals surface area contributed by atoms with Gasteiger partial charge in [0.15, 0.2) is 0 Å². The van der Waals surface area contributed by atoms with Gasteiger partial charge in [-0.2, -0.15) is 0 Å². The summed E-state index contributed by atoms with van der Waals surface area (Å²) in [5, 5.41) is 0. The zero-order valence-corrected chi connectivity index (χ0v) is 23.5. The fraction of sp³-hybridized carbons (Fsp3) is 0.781. The number of rotatable bonds is 16. The first-order chi connectivity index (χ1) is 16.9. The average molecular weight is 487 g/mol. The van der Waals surface area contributed by atoms with Gasteiger partial charge in [0, 0.05) is 5.92 Å². The highest BCUT2D eigenvalue weighted by Crippen LogP contribution is 2.50. The van der Waals surface area contributed by atoms with Crippen molar-refractivity contribution >= 4 is 5.97 Å². The van der Waals surface area contributed by atoms with Gasteiger partial charge in [-0.05, 0) is 75.5 Å². The van der Waals surface area contributed by atoms with Crippen LogP contribution in [0.15, 0.2) is 37.0 Å². The van der Waals surface area contributed by atoms with Crippen LogP contribution in [0, 0.1) is 29.1 Å². The van der Waals surface area contributed by atoms with E-state index in [2.05, 4.69) is 65.5 Å². The summed E-state index contributed by atoms with van der Waals surface area (Å²) in [4.78, 5) is 13.6. The third-order valence-corrected chi connectivity index (χ3v) is 8.38. The molecule has 0 aromatic rings. The lowest BCUT2D eigenvalue weighted by molar-refractivity contribution is -0.196. The zero-order chi connectivity index (χ0) is 25.7. The van der Waals surface area contributed by atoms with Crippen LogP contribution >= 0.6 is 0 Å². The molecule has 1 heterocycles. The highest BCUT2D eigenvalue weighted by atomic mass is 16.7. The molecule has 0 aromatic carbocycles. The van der Waals surface area contributed by atoms with Crippen molar-refractivity contribution in [3.8, 4) is 0 Å². The summed E-state index contributed by atoms with van der Waals surface area (Å²) in [6, 6.07) is 0. The summed E-state index contributed by atoms with van der Waals surface area (Å²) in [6.07, 6.45) is 24.4. The minimum atomic E-state index is -0.517. The van der Waals surface area contributed by atoms with E-state index in [1.54, 1.807) is 0 Å². The Kier molecular flexibility index (Phi) is 13.4. The highest BCUT2D eigenvalue weighted by molar-refractivity contribution is 5.80. The summed E-state index contributed by atoms with van der Waals surface area (Å²) >= 11 is 0. The van der Waals surface area contributed by atoms with E-state index in [1.165, 1.54) is 32.1 Å². The van der Waals surface area contributed by atoms with Crippen LogP contribution in [0.3, 0.4) is 0 Å². The average Bonchev–Trinajstić information content (AvgIpc) is 3.07. The maximum absolute atomic E-state index is 13.6. The third-order valence-electron chi connectivity index (χ3n) is 8.38. The van der Waals surface area contributed by atoms with Crippen molar-refractivity contribution in [1.29, 1.82) is 0 Å². The third kappa shape index (κ3) is 8.62. The molecule has 0 amide bonds. The smallest absolute Gasteiger partial charge is 0.315 e. The van der Waals surface area contributed by atoms with Crippen LogP contribution in [0.5, 0.6) is 0 Å². The molecule has 1 saturated carbocycles.